The predicted molar refractivity (Wildman–Crippen MR) is 68.5 cm³/mol. The van der Waals surface area contributed by atoms with Gasteiger partial charge in [0.2, 0.25) is 0 Å². The quantitative estimate of drug-likeness (QED) is 0.758. The van der Waals surface area contributed by atoms with Crippen LogP contribution in [-0.2, 0) is 6.54 Å². The van der Waals surface area contributed by atoms with Gasteiger partial charge in [0.15, 0.2) is 11.5 Å². The Kier molecular flexibility index (Phi) is 7.77. The van der Waals surface area contributed by atoms with Crippen molar-refractivity contribution in [3.63, 3.8) is 0 Å². The second kappa shape index (κ2) is 8.25. The zero-order valence-electron chi connectivity index (χ0n) is 9.82. The normalized spacial score (nSPS) is 9.62. The van der Waals surface area contributed by atoms with E-state index in [1.165, 1.54) is 0 Å². The van der Waals surface area contributed by atoms with Gasteiger partial charge < -0.3 is 15.2 Å². The largest absolute Gasteiger partial charge is 0.504 e. The summed E-state index contributed by atoms with van der Waals surface area (Å²) in [7, 11) is 0. The molecule has 0 radical (unpaired) electrons. The molecule has 0 aliphatic rings. The molecule has 0 aliphatic carbocycles. The van der Waals surface area contributed by atoms with E-state index in [2.05, 4.69) is 12.2 Å². The van der Waals surface area contributed by atoms with Gasteiger partial charge in [-0.1, -0.05) is 19.1 Å². The van der Waals surface area contributed by atoms with Gasteiger partial charge >= 0.3 is 0 Å². The first-order valence-corrected chi connectivity index (χ1v) is 5.44. The molecule has 0 amide bonds. The minimum atomic E-state index is 0. The number of hydrogen-bond donors (Lipinski definition) is 2. The van der Waals surface area contributed by atoms with Crippen molar-refractivity contribution in [3.05, 3.63) is 23.8 Å². The summed E-state index contributed by atoms with van der Waals surface area (Å²) in [5.41, 5.74) is 0.884. The van der Waals surface area contributed by atoms with E-state index in [4.69, 9.17) is 4.74 Å². The van der Waals surface area contributed by atoms with E-state index in [1.807, 2.05) is 19.1 Å². The first-order chi connectivity index (χ1) is 7.29. The van der Waals surface area contributed by atoms with Gasteiger partial charge in [0.1, 0.15) is 0 Å². The number of benzene rings is 1. The number of rotatable bonds is 6. The van der Waals surface area contributed by atoms with Crippen LogP contribution in [0.3, 0.4) is 0 Å². The molecule has 16 heavy (non-hydrogen) atoms. The lowest BCUT2D eigenvalue weighted by atomic mass is 10.2. The van der Waals surface area contributed by atoms with Gasteiger partial charge in [0, 0.05) is 12.1 Å². The molecule has 0 bridgehead atoms. The molecule has 1 aromatic carbocycles. The number of phenols is 1. The van der Waals surface area contributed by atoms with Crippen LogP contribution in [0.15, 0.2) is 18.2 Å². The fraction of sp³-hybridized carbons (Fsp3) is 0.500. The number of hydrogen-bond acceptors (Lipinski definition) is 3. The van der Waals surface area contributed by atoms with E-state index < -0.39 is 0 Å². The maximum absolute atomic E-state index is 9.85. The number of ether oxygens (including phenoxy) is 1. The predicted octanol–water partition coefficient (Wildman–Crippen LogP) is 2.71. The SMILES string of the molecule is CCCNCc1cccc(OCC)c1O.Cl. The molecule has 0 unspecified atom stereocenters. The van der Waals surface area contributed by atoms with E-state index in [-0.39, 0.29) is 18.2 Å². The highest BCUT2D eigenvalue weighted by atomic mass is 35.5. The fourth-order valence-electron chi connectivity index (χ4n) is 1.38. The van der Waals surface area contributed by atoms with Crippen LogP contribution in [0.5, 0.6) is 11.5 Å². The third-order valence-electron chi connectivity index (χ3n) is 2.12. The van der Waals surface area contributed by atoms with Crippen LogP contribution in [0.25, 0.3) is 0 Å². The Morgan fingerprint density at radius 3 is 2.69 bits per heavy atom. The lowest BCUT2D eigenvalue weighted by molar-refractivity contribution is 0.316. The van der Waals surface area contributed by atoms with Crippen molar-refractivity contribution in [1.29, 1.82) is 0 Å². The van der Waals surface area contributed by atoms with E-state index in [9.17, 15) is 5.11 Å². The van der Waals surface area contributed by atoms with Crippen LogP contribution < -0.4 is 10.1 Å². The average Bonchev–Trinajstić information content (AvgIpc) is 2.24. The van der Waals surface area contributed by atoms with Crippen molar-refractivity contribution < 1.29 is 9.84 Å². The summed E-state index contributed by atoms with van der Waals surface area (Å²) in [6.07, 6.45) is 1.09. The van der Waals surface area contributed by atoms with E-state index in [0.717, 1.165) is 18.5 Å². The third kappa shape index (κ3) is 4.29. The number of para-hydroxylation sites is 1. The number of nitrogens with one attached hydrogen (secondary N) is 1. The number of halogens is 1. The summed E-state index contributed by atoms with van der Waals surface area (Å²) in [6, 6.07) is 5.58. The molecular formula is C12H20ClNO2. The Morgan fingerprint density at radius 1 is 1.31 bits per heavy atom. The first-order valence-electron chi connectivity index (χ1n) is 5.44. The lowest BCUT2D eigenvalue weighted by Crippen LogP contribution is -2.13. The smallest absolute Gasteiger partial charge is 0.162 e. The monoisotopic (exact) mass is 245 g/mol. The molecule has 1 aromatic rings. The second-order valence-electron chi connectivity index (χ2n) is 3.37. The summed E-state index contributed by atoms with van der Waals surface area (Å²) in [5, 5.41) is 13.1. The van der Waals surface area contributed by atoms with Crippen molar-refractivity contribution in [1.82, 2.24) is 5.32 Å². The highest BCUT2D eigenvalue weighted by molar-refractivity contribution is 5.85. The van der Waals surface area contributed by atoms with Crippen molar-refractivity contribution in [3.8, 4) is 11.5 Å². The van der Waals surface area contributed by atoms with E-state index >= 15 is 0 Å². The van der Waals surface area contributed by atoms with Crippen LogP contribution in [0.1, 0.15) is 25.8 Å². The Morgan fingerprint density at radius 2 is 2.06 bits per heavy atom. The molecule has 0 fully saturated rings. The van der Waals surface area contributed by atoms with E-state index in [0.29, 0.717) is 18.9 Å². The molecule has 0 atom stereocenters. The van der Waals surface area contributed by atoms with Gasteiger partial charge in [0.25, 0.3) is 0 Å². The minimum absolute atomic E-state index is 0. The Bertz CT molecular complexity index is 305. The highest BCUT2D eigenvalue weighted by Gasteiger charge is 2.06. The topological polar surface area (TPSA) is 41.5 Å². The third-order valence-corrected chi connectivity index (χ3v) is 2.12. The van der Waals surface area contributed by atoms with Crippen LogP contribution >= 0.6 is 12.4 Å². The zero-order valence-corrected chi connectivity index (χ0v) is 10.6. The van der Waals surface area contributed by atoms with Gasteiger partial charge in [-0.2, -0.15) is 0 Å². The second-order valence-corrected chi connectivity index (χ2v) is 3.37. The van der Waals surface area contributed by atoms with Crippen LogP contribution in [-0.4, -0.2) is 18.3 Å². The number of aromatic hydroxyl groups is 1. The Labute approximate surface area is 103 Å². The van der Waals surface area contributed by atoms with Crippen LogP contribution in [0.4, 0.5) is 0 Å². The van der Waals surface area contributed by atoms with Crippen molar-refractivity contribution in [2.75, 3.05) is 13.2 Å². The first kappa shape index (κ1) is 15.1. The van der Waals surface area contributed by atoms with Crippen LogP contribution in [0, 0.1) is 0 Å². The summed E-state index contributed by atoms with van der Waals surface area (Å²) in [4.78, 5) is 0. The maximum Gasteiger partial charge on any atom is 0.162 e. The molecule has 0 heterocycles. The summed E-state index contributed by atoms with van der Waals surface area (Å²) < 4.78 is 5.31. The lowest BCUT2D eigenvalue weighted by Gasteiger charge is -2.10. The fourth-order valence-corrected chi connectivity index (χ4v) is 1.38. The number of phenolic OH excluding ortho intramolecular Hbond substituents is 1. The van der Waals surface area contributed by atoms with Gasteiger partial charge in [0.05, 0.1) is 6.61 Å². The van der Waals surface area contributed by atoms with E-state index in [1.54, 1.807) is 6.07 Å². The van der Waals surface area contributed by atoms with Crippen LogP contribution in [0.2, 0.25) is 0 Å². The van der Waals surface area contributed by atoms with Crippen molar-refractivity contribution in [2.24, 2.45) is 0 Å². The standard InChI is InChI=1S/C12H19NO2.ClH/c1-3-8-13-9-10-6-5-7-11(12(10)14)15-4-2;/h5-7,13-14H,3-4,8-9H2,1-2H3;1H. The molecule has 0 saturated carbocycles. The van der Waals surface area contributed by atoms with Gasteiger partial charge in [-0.3, -0.25) is 0 Å². The summed E-state index contributed by atoms with van der Waals surface area (Å²) >= 11 is 0. The van der Waals surface area contributed by atoms with Crippen molar-refractivity contribution >= 4 is 12.4 Å². The molecule has 2 N–H and O–H groups in total. The molecule has 4 heteroatoms. The summed E-state index contributed by atoms with van der Waals surface area (Å²) in [5.74, 6) is 0.816. The Balaban J connectivity index is 0.00000225. The minimum Gasteiger partial charge on any atom is -0.504 e. The molecule has 92 valence electrons. The van der Waals surface area contributed by atoms with Gasteiger partial charge in [-0.25, -0.2) is 0 Å². The Hall–Kier alpha value is -0.930. The van der Waals surface area contributed by atoms with Gasteiger partial charge in [-0.05, 0) is 26.0 Å². The molecule has 1 rings (SSSR count). The average molecular weight is 246 g/mol. The zero-order chi connectivity index (χ0) is 11.1. The highest BCUT2D eigenvalue weighted by Crippen LogP contribution is 2.29. The molecule has 0 aliphatic heterocycles. The van der Waals surface area contributed by atoms with Gasteiger partial charge in [-0.15, -0.1) is 12.4 Å². The van der Waals surface area contributed by atoms with Crippen molar-refractivity contribution in [2.45, 2.75) is 26.8 Å². The molecule has 0 saturated heterocycles. The summed E-state index contributed by atoms with van der Waals surface area (Å²) in [6.45, 7) is 6.23. The molecule has 0 spiro atoms. The molecule has 0 aromatic heterocycles. The maximum atomic E-state index is 9.85. The molecular weight excluding hydrogens is 226 g/mol. The molecule has 3 nitrogen and oxygen atoms in total.